The van der Waals surface area contributed by atoms with Gasteiger partial charge in [-0.3, -0.25) is 14.6 Å². The molecule has 1 aliphatic heterocycles. The van der Waals surface area contributed by atoms with Crippen LogP contribution in [0.1, 0.15) is 12.1 Å². The quantitative estimate of drug-likeness (QED) is 0.778. The van der Waals surface area contributed by atoms with Crippen LogP contribution < -0.4 is 5.73 Å². The molecule has 132 valence electrons. The molecule has 1 atom stereocenters. The Bertz CT molecular complexity index is 551. The zero-order valence-corrected chi connectivity index (χ0v) is 14.5. The van der Waals surface area contributed by atoms with Crippen molar-refractivity contribution in [1.29, 1.82) is 0 Å². The minimum Gasteiger partial charge on any atom is -0.369 e. The molecule has 2 rings (SSSR count). The van der Waals surface area contributed by atoms with Crippen molar-refractivity contribution in [3.63, 3.8) is 0 Å². The number of carbonyl (C=O) groups is 2. The van der Waals surface area contributed by atoms with Crippen LogP contribution in [0.25, 0.3) is 0 Å². The first kappa shape index (κ1) is 18.4. The average molecular weight is 333 g/mol. The van der Waals surface area contributed by atoms with E-state index in [0.29, 0.717) is 39.1 Å². The number of likely N-dealkylation sites (N-methyl/N-ethyl adjacent to an activating group) is 1. The molecule has 0 saturated carbocycles. The first-order valence-electron chi connectivity index (χ1n) is 8.30. The van der Waals surface area contributed by atoms with Crippen molar-refractivity contribution in [3.8, 4) is 0 Å². The summed E-state index contributed by atoms with van der Waals surface area (Å²) in [5.41, 5.74) is 6.43. The highest BCUT2D eigenvalue weighted by molar-refractivity contribution is 5.80. The molecule has 1 aromatic rings. The zero-order chi connectivity index (χ0) is 17.5. The minimum atomic E-state index is -0.339. The highest BCUT2D eigenvalue weighted by atomic mass is 16.2. The molecule has 7 heteroatoms. The molecule has 0 aliphatic carbocycles. The maximum Gasteiger partial charge on any atom is 0.223 e. The van der Waals surface area contributed by atoms with Crippen LogP contribution in [0.2, 0.25) is 0 Å². The van der Waals surface area contributed by atoms with E-state index in [1.807, 2.05) is 32.3 Å². The van der Waals surface area contributed by atoms with E-state index in [4.69, 9.17) is 5.73 Å². The first-order valence-corrected chi connectivity index (χ1v) is 8.30. The minimum absolute atomic E-state index is 0.0735. The number of hydrogen-bond donors (Lipinski definition) is 1. The molecule has 2 heterocycles. The predicted molar refractivity (Wildman–Crippen MR) is 91.9 cm³/mol. The summed E-state index contributed by atoms with van der Waals surface area (Å²) in [5, 5.41) is 0. The van der Waals surface area contributed by atoms with Gasteiger partial charge < -0.3 is 20.4 Å². The molecule has 0 spiro atoms. The SMILES string of the molecule is CN(CCC(=O)N1CCN(C)C[C@H](C(N)=O)C1)Cc1ccccn1. The summed E-state index contributed by atoms with van der Waals surface area (Å²) in [4.78, 5) is 34.2. The topological polar surface area (TPSA) is 82.8 Å². The van der Waals surface area contributed by atoms with E-state index in [-0.39, 0.29) is 17.7 Å². The molecular weight excluding hydrogens is 306 g/mol. The lowest BCUT2D eigenvalue weighted by Crippen LogP contribution is -2.41. The number of hydrogen-bond acceptors (Lipinski definition) is 5. The molecule has 0 radical (unpaired) electrons. The van der Waals surface area contributed by atoms with Crippen LogP contribution in [0, 0.1) is 5.92 Å². The third-order valence-corrected chi connectivity index (χ3v) is 4.34. The molecule has 0 bridgehead atoms. The summed E-state index contributed by atoms with van der Waals surface area (Å²) < 4.78 is 0. The van der Waals surface area contributed by atoms with Crippen molar-refractivity contribution in [1.82, 2.24) is 19.7 Å². The van der Waals surface area contributed by atoms with Crippen LogP contribution in [-0.2, 0) is 16.1 Å². The van der Waals surface area contributed by atoms with E-state index in [1.54, 1.807) is 11.1 Å². The number of rotatable bonds is 6. The zero-order valence-electron chi connectivity index (χ0n) is 14.5. The van der Waals surface area contributed by atoms with Gasteiger partial charge in [0.2, 0.25) is 11.8 Å². The molecule has 7 nitrogen and oxygen atoms in total. The molecular formula is C17H27N5O2. The monoisotopic (exact) mass is 333 g/mol. The number of amides is 2. The van der Waals surface area contributed by atoms with Crippen molar-refractivity contribution < 1.29 is 9.59 Å². The van der Waals surface area contributed by atoms with Gasteiger partial charge in [0, 0.05) is 51.9 Å². The van der Waals surface area contributed by atoms with Crippen molar-refractivity contribution in [2.45, 2.75) is 13.0 Å². The van der Waals surface area contributed by atoms with Crippen LogP contribution >= 0.6 is 0 Å². The van der Waals surface area contributed by atoms with E-state index in [0.717, 1.165) is 12.2 Å². The number of carbonyl (C=O) groups excluding carboxylic acids is 2. The second-order valence-electron chi connectivity index (χ2n) is 6.51. The van der Waals surface area contributed by atoms with E-state index in [9.17, 15) is 9.59 Å². The van der Waals surface area contributed by atoms with Crippen molar-refractivity contribution in [3.05, 3.63) is 30.1 Å². The Morgan fingerprint density at radius 2 is 2.12 bits per heavy atom. The molecule has 2 amide bonds. The van der Waals surface area contributed by atoms with Gasteiger partial charge in [-0.2, -0.15) is 0 Å². The van der Waals surface area contributed by atoms with Gasteiger partial charge in [-0.25, -0.2) is 0 Å². The fraction of sp³-hybridized carbons (Fsp3) is 0.588. The van der Waals surface area contributed by atoms with Crippen molar-refractivity contribution in [2.24, 2.45) is 11.7 Å². The average Bonchev–Trinajstić information content (AvgIpc) is 2.75. The molecule has 0 unspecified atom stereocenters. The van der Waals surface area contributed by atoms with E-state index < -0.39 is 0 Å². The number of primary amides is 1. The molecule has 1 saturated heterocycles. The largest absolute Gasteiger partial charge is 0.369 e. The molecule has 1 fully saturated rings. The lowest BCUT2D eigenvalue weighted by atomic mass is 10.1. The maximum absolute atomic E-state index is 12.5. The van der Waals surface area contributed by atoms with Gasteiger partial charge in [-0.1, -0.05) is 6.07 Å². The summed E-state index contributed by atoms with van der Waals surface area (Å²) in [6, 6.07) is 5.82. The van der Waals surface area contributed by atoms with Gasteiger partial charge in [0.1, 0.15) is 0 Å². The van der Waals surface area contributed by atoms with Crippen LogP contribution in [-0.4, -0.2) is 78.3 Å². The van der Waals surface area contributed by atoms with E-state index in [1.165, 1.54) is 0 Å². The van der Waals surface area contributed by atoms with Gasteiger partial charge >= 0.3 is 0 Å². The fourth-order valence-corrected chi connectivity index (χ4v) is 2.87. The van der Waals surface area contributed by atoms with Crippen LogP contribution in [0.15, 0.2) is 24.4 Å². The van der Waals surface area contributed by atoms with Crippen LogP contribution in [0.4, 0.5) is 0 Å². The smallest absolute Gasteiger partial charge is 0.223 e. The van der Waals surface area contributed by atoms with Crippen molar-refractivity contribution >= 4 is 11.8 Å². The predicted octanol–water partition coefficient (Wildman–Crippen LogP) is -0.221. The Morgan fingerprint density at radius 3 is 2.79 bits per heavy atom. The number of pyridine rings is 1. The highest BCUT2D eigenvalue weighted by Crippen LogP contribution is 2.10. The Hall–Kier alpha value is -1.99. The molecule has 1 aromatic heterocycles. The van der Waals surface area contributed by atoms with E-state index in [2.05, 4.69) is 14.8 Å². The van der Waals surface area contributed by atoms with Gasteiger partial charge in [-0.15, -0.1) is 0 Å². The fourth-order valence-electron chi connectivity index (χ4n) is 2.87. The summed E-state index contributed by atoms with van der Waals surface area (Å²) in [7, 11) is 3.93. The summed E-state index contributed by atoms with van der Waals surface area (Å²) >= 11 is 0. The first-order chi connectivity index (χ1) is 11.5. The van der Waals surface area contributed by atoms with E-state index >= 15 is 0 Å². The second-order valence-corrected chi connectivity index (χ2v) is 6.51. The number of nitrogens with zero attached hydrogens (tertiary/aromatic N) is 4. The third-order valence-electron chi connectivity index (χ3n) is 4.34. The number of nitrogens with two attached hydrogens (primary N) is 1. The molecule has 2 N–H and O–H groups in total. The standard InChI is InChI=1S/C17H27N5O2/c1-20(13-15-5-3-4-7-19-15)8-6-16(23)22-10-9-21(2)11-14(12-22)17(18)24/h3-5,7,14H,6,8-13H2,1-2H3,(H2,18,24)/t14-/m0/s1. The Morgan fingerprint density at radius 1 is 1.33 bits per heavy atom. The Kier molecular flexibility index (Phi) is 6.69. The Balaban J connectivity index is 1.83. The summed E-state index contributed by atoms with van der Waals surface area (Å²) in [6.45, 7) is 3.80. The summed E-state index contributed by atoms with van der Waals surface area (Å²) in [5.74, 6) is -0.564. The highest BCUT2D eigenvalue weighted by Gasteiger charge is 2.27. The second kappa shape index (κ2) is 8.75. The number of aromatic nitrogens is 1. The van der Waals surface area contributed by atoms with Crippen molar-refractivity contribution in [2.75, 3.05) is 46.8 Å². The molecule has 24 heavy (non-hydrogen) atoms. The normalized spacial score (nSPS) is 19.3. The lowest BCUT2D eigenvalue weighted by molar-refractivity contribution is -0.132. The summed E-state index contributed by atoms with van der Waals surface area (Å²) in [6.07, 6.45) is 2.20. The van der Waals surface area contributed by atoms with Gasteiger partial charge in [0.05, 0.1) is 11.6 Å². The maximum atomic E-state index is 12.5. The lowest BCUT2D eigenvalue weighted by Gasteiger charge is -2.24. The van der Waals surface area contributed by atoms with Gasteiger partial charge in [-0.05, 0) is 26.2 Å². The Labute approximate surface area is 143 Å². The van der Waals surface area contributed by atoms with Gasteiger partial charge in [0.15, 0.2) is 0 Å². The third kappa shape index (κ3) is 5.58. The van der Waals surface area contributed by atoms with Gasteiger partial charge in [0.25, 0.3) is 0 Å². The van der Waals surface area contributed by atoms with Crippen LogP contribution in [0.3, 0.4) is 0 Å². The molecule has 1 aliphatic rings. The van der Waals surface area contributed by atoms with Crippen LogP contribution in [0.5, 0.6) is 0 Å². The molecule has 0 aromatic carbocycles.